The first-order valence-corrected chi connectivity index (χ1v) is 7.14. The van der Waals surface area contributed by atoms with Crippen molar-refractivity contribution in [2.75, 3.05) is 6.61 Å². The van der Waals surface area contributed by atoms with Crippen LogP contribution in [0.25, 0.3) is 0 Å². The van der Waals surface area contributed by atoms with Crippen LogP contribution in [0.2, 0.25) is 0 Å². The number of ether oxygens (including phenoxy) is 1. The second kappa shape index (κ2) is 6.57. The Morgan fingerprint density at radius 1 is 1.20 bits per heavy atom. The Labute approximate surface area is 126 Å². The van der Waals surface area contributed by atoms with Crippen molar-refractivity contribution >= 4 is 21.9 Å². The van der Waals surface area contributed by atoms with Crippen molar-refractivity contribution in [2.24, 2.45) is 0 Å². The van der Waals surface area contributed by atoms with Gasteiger partial charge < -0.3 is 9.84 Å². The number of carbonyl (C=O) groups is 1. The van der Waals surface area contributed by atoms with E-state index in [2.05, 4.69) is 15.9 Å². The highest BCUT2D eigenvalue weighted by atomic mass is 79.9. The van der Waals surface area contributed by atoms with Gasteiger partial charge >= 0.3 is 5.97 Å². The lowest BCUT2D eigenvalue weighted by Crippen LogP contribution is -2.07. The number of aromatic carboxylic acids is 1. The van der Waals surface area contributed by atoms with Gasteiger partial charge in [0, 0.05) is 16.5 Å². The van der Waals surface area contributed by atoms with Gasteiger partial charge in [-0.25, -0.2) is 4.79 Å². The molecule has 2 aromatic carbocycles. The quantitative estimate of drug-likeness (QED) is 0.893. The Hall–Kier alpha value is -1.81. The normalized spacial score (nSPS) is 10.3. The van der Waals surface area contributed by atoms with Crippen molar-refractivity contribution in [3.05, 3.63) is 63.6 Å². The van der Waals surface area contributed by atoms with Gasteiger partial charge in [0.25, 0.3) is 0 Å². The minimum absolute atomic E-state index is 0.195. The smallest absolute Gasteiger partial charge is 0.339 e. The lowest BCUT2D eigenvalue weighted by Gasteiger charge is -2.15. The van der Waals surface area contributed by atoms with Crippen molar-refractivity contribution in [2.45, 2.75) is 13.3 Å². The van der Waals surface area contributed by atoms with Gasteiger partial charge in [-0.05, 0) is 24.6 Å². The third-order valence-corrected chi connectivity index (χ3v) is 3.69. The van der Waals surface area contributed by atoms with Gasteiger partial charge in [0.2, 0.25) is 0 Å². The van der Waals surface area contributed by atoms with Crippen LogP contribution in [-0.4, -0.2) is 17.7 Å². The molecule has 2 rings (SSSR count). The molecule has 3 nitrogen and oxygen atoms in total. The molecule has 2 aromatic rings. The minimum atomic E-state index is -0.977. The van der Waals surface area contributed by atoms with Gasteiger partial charge in [0.1, 0.15) is 11.3 Å². The van der Waals surface area contributed by atoms with E-state index in [1.807, 2.05) is 37.3 Å². The maximum absolute atomic E-state index is 11.3. The van der Waals surface area contributed by atoms with E-state index in [0.717, 1.165) is 15.6 Å². The fraction of sp³-hybridized carbons (Fsp3) is 0.188. The molecule has 0 aliphatic rings. The summed E-state index contributed by atoms with van der Waals surface area (Å²) in [6.45, 7) is 2.28. The second-order valence-corrected chi connectivity index (χ2v) is 5.16. The number of hydrogen-bond donors (Lipinski definition) is 1. The van der Waals surface area contributed by atoms with E-state index in [9.17, 15) is 9.90 Å². The summed E-state index contributed by atoms with van der Waals surface area (Å²) in [5, 5.41) is 9.28. The van der Waals surface area contributed by atoms with Gasteiger partial charge in [-0.2, -0.15) is 0 Å². The zero-order valence-electron chi connectivity index (χ0n) is 11.1. The predicted molar refractivity (Wildman–Crippen MR) is 81.5 cm³/mol. The van der Waals surface area contributed by atoms with Crippen molar-refractivity contribution in [1.29, 1.82) is 0 Å². The molecule has 1 N–H and O–H groups in total. The van der Waals surface area contributed by atoms with Crippen LogP contribution < -0.4 is 4.74 Å². The fourth-order valence-electron chi connectivity index (χ4n) is 2.05. The van der Waals surface area contributed by atoms with E-state index in [-0.39, 0.29) is 5.56 Å². The van der Waals surface area contributed by atoms with Crippen LogP contribution in [0.1, 0.15) is 28.4 Å². The SMILES string of the molecule is CCOc1c(C(=O)O)ccc(Br)c1Cc1ccccc1. The van der Waals surface area contributed by atoms with Crippen LogP contribution in [-0.2, 0) is 6.42 Å². The van der Waals surface area contributed by atoms with Crippen LogP contribution in [0.5, 0.6) is 5.75 Å². The van der Waals surface area contributed by atoms with Crippen molar-refractivity contribution in [3.8, 4) is 5.75 Å². The van der Waals surface area contributed by atoms with Gasteiger partial charge in [0.15, 0.2) is 0 Å². The lowest BCUT2D eigenvalue weighted by molar-refractivity contribution is 0.0692. The molecule has 0 fully saturated rings. The highest BCUT2D eigenvalue weighted by Gasteiger charge is 2.18. The van der Waals surface area contributed by atoms with Crippen LogP contribution in [0.4, 0.5) is 0 Å². The summed E-state index contributed by atoms with van der Waals surface area (Å²) >= 11 is 3.48. The Kier molecular flexibility index (Phi) is 4.79. The molecule has 0 spiro atoms. The number of benzene rings is 2. The predicted octanol–water partition coefficient (Wildman–Crippen LogP) is 4.14. The molecular formula is C16H15BrO3. The number of hydrogen-bond acceptors (Lipinski definition) is 2. The molecule has 0 atom stereocenters. The maximum atomic E-state index is 11.3. The summed E-state index contributed by atoms with van der Waals surface area (Å²) in [5.74, 6) is -0.534. The first kappa shape index (κ1) is 14.6. The van der Waals surface area contributed by atoms with Gasteiger partial charge in [-0.15, -0.1) is 0 Å². The average molecular weight is 335 g/mol. The largest absolute Gasteiger partial charge is 0.493 e. The first-order valence-electron chi connectivity index (χ1n) is 6.35. The number of carboxylic acids is 1. The number of rotatable bonds is 5. The fourth-order valence-corrected chi connectivity index (χ4v) is 2.50. The zero-order valence-corrected chi connectivity index (χ0v) is 12.7. The topological polar surface area (TPSA) is 46.5 Å². The molecule has 0 saturated heterocycles. The molecule has 20 heavy (non-hydrogen) atoms. The highest BCUT2D eigenvalue weighted by molar-refractivity contribution is 9.10. The molecule has 0 unspecified atom stereocenters. The van der Waals surface area contributed by atoms with Crippen LogP contribution in [0, 0.1) is 0 Å². The van der Waals surface area contributed by atoms with Crippen LogP contribution in [0.3, 0.4) is 0 Å². The molecule has 4 heteroatoms. The molecule has 0 saturated carbocycles. The molecule has 104 valence electrons. The van der Waals surface area contributed by atoms with E-state index in [1.165, 1.54) is 0 Å². The summed E-state index contributed by atoms with van der Waals surface area (Å²) in [4.78, 5) is 11.3. The second-order valence-electron chi connectivity index (χ2n) is 4.30. The Morgan fingerprint density at radius 3 is 2.50 bits per heavy atom. The van der Waals surface area contributed by atoms with Crippen LogP contribution in [0.15, 0.2) is 46.9 Å². The van der Waals surface area contributed by atoms with Gasteiger partial charge in [-0.3, -0.25) is 0 Å². The zero-order chi connectivity index (χ0) is 14.5. The van der Waals surface area contributed by atoms with Crippen molar-refractivity contribution in [1.82, 2.24) is 0 Å². The minimum Gasteiger partial charge on any atom is -0.493 e. The third-order valence-electron chi connectivity index (χ3n) is 2.95. The summed E-state index contributed by atoms with van der Waals surface area (Å²) in [6, 6.07) is 13.2. The number of carboxylic acid groups (broad SMARTS) is 1. The molecule has 0 heterocycles. The van der Waals surface area contributed by atoms with Gasteiger partial charge in [0.05, 0.1) is 6.61 Å². The van der Waals surface area contributed by atoms with E-state index in [4.69, 9.17) is 4.74 Å². The van der Waals surface area contributed by atoms with E-state index in [0.29, 0.717) is 18.8 Å². The highest BCUT2D eigenvalue weighted by Crippen LogP contribution is 2.33. The van der Waals surface area contributed by atoms with Crippen molar-refractivity contribution in [3.63, 3.8) is 0 Å². The molecule has 0 aliphatic heterocycles. The summed E-state index contributed by atoms with van der Waals surface area (Å²) < 4.78 is 6.43. The molecule has 0 amide bonds. The summed E-state index contributed by atoms with van der Waals surface area (Å²) in [7, 11) is 0. The standard InChI is InChI=1S/C16H15BrO3/c1-2-20-15-12(16(18)19)8-9-14(17)13(15)10-11-6-4-3-5-7-11/h3-9H,2,10H2,1H3,(H,18,19). The molecule has 0 bridgehead atoms. The Bertz CT molecular complexity index is 609. The summed E-state index contributed by atoms with van der Waals surface area (Å²) in [6.07, 6.45) is 0.623. The lowest BCUT2D eigenvalue weighted by atomic mass is 10.0. The summed E-state index contributed by atoms with van der Waals surface area (Å²) in [5.41, 5.74) is 2.16. The molecule has 0 aromatic heterocycles. The van der Waals surface area contributed by atoms with E-state index in [1.54, 1.807) is 12.1 Å². The first-order chi connectivity index (χ1) is 9.63. The van der Waals surface area contributed by atoms with E-state index >= 15 is 0 Å². The Balaban J connectivity index is 2.49. The Morgan fingerprint density at radius 2 is 1.90 bits per heavy atom. The maximum Gasteiger partial charge on any atom is 0.339 e. The van der Waals surface area contributed by atoms with Gasteiger partial charge in [-0.1, -0.05) is 46.3 Å². The van der Waals surface area contributed by atoms with E-state index < -0.39 is 5.97 Å². The number of halogens is 1. The van der Waals surface area contributed by atoms with Crippen LogP contribution >= 0.6 is 15.9 Å². The molecule has 0 aliphatic carbocycles. The van der Waals surface area contributed by atoms with Crippen molar-refractivity contribution < 1.29 is 14.6 Å². The monoisotopic (exact) mass is 334 g/mol. The third kappa shape index (κ3) is 3.20. The molecule has 0 radical (unpaired) electrons. The average Bonchev–Trinajstić information content (AvgIpc) is 2.44. The molecular weight excluding hydrogens is 320 g/mol.